The number of nitrogens with one attached hydrogen (secondary N) is 2. The Labute approximate surface area is 170 Å². The van der Waals surface area contributed by atoms with Crippen LogP contribution in [0.25, 0.3) is 0 Å². The van der Waals surface area contributed by atoms with E-state index in [1.165, 1.54) is 0 Å². The second kappa shape index (κ2) is 9.19. The lowest BCUT2D eigenvalue weighted by atomic mass is 10.0. The van der Waals surface area contributed by atoms with Crippen molar-refractivity contribution in [3.63, 3.8) is 0 Å². The quantitative estimate of drug-likeness (QED) is 0.647. The van der Waals surface area contributed by atoms with E-state index in [0.717, 1.165) is 11.1 Å². The molecule has 150 valence electrons. The van der Waals surface area contributed by atoms with Gasteiger partial charge in [-0.1, -0.05) is 43.7 Å². The van der Waals surface area contributed by atoms with Gasteiger partial charge in [-0.15, -0.1) is 0 Å². The molecule has 0 aliphatic rings. The SMILES string of the molecule is Cc1cccc(C(=O)NC(C(=O)Nc2ccc(Cn3cccn3)cc2)C(C)C)c1. The molecule has 0 aliphatic carbocycles. The predicted octanol–water partition coefficient (Wildman–Crippen LogP) is 3.63. The zero-order valence-corrected chi connectivity index (χ0v) is 16.9. The summed E-state index contributed by atoms with van der Waals surface area (Å²) in [6.07, 6.45) is 3.64. The highest BCUT2D eigenvalue weighted by atomic mass is 16.2. The van der Waals surface area contributed by atoms with Crippen LogP contribution in [-0.4, -0.2) is 27.6 Å². The lowest BCUT2D eigenvalue weighted by molar-refractivity contribution is -0.118. The summed E-state index contributed by atoms with van der Waals surface area (Å²) in [5.74, 6) is -0.541. The average molecular weight is 390 g/mol. The third-order valence-corrected chi connectivity index (χ3v) is 4.64. The number of hydrogen-bond donors (Lipinski definition) is 2. The molecule has 3 rings (SSSR count). The number of aromatic nitrogens is 2. The Morgan fingerprint density at radius 2 is 1.83 bits per heavy atom. The maximum absolute atomic E-state index is 12.8. The molecule has 0 aliphatic heterocycles. The summed E-state index contributed by atoms with van der Waals surface area (Å²) in [7, 11) is 0. The normalized spacial score (nSPS) is 11.9. The van der Waals surface area contributed by atoms with Gasteiger partial charge in [0.15, 0.2) is 0 Å². The van der Waals surface area contributed by atoms with E-state index in [-0.39, 0.29) is 17.7 Å². The molecule has 0 bridgehead atoms. The first-order chi connectivity index (χ1) is 13.9. The molecule has 1 atom stereocenters. The zero-order valence-electron chi connectivity index (χ0n) is 16.9. The van der Waals surface area contributed by atoms with E-state index in [0.29, 0.717) is 17.8 Å². The molecule has 0 spiro atoms. The highest BCUT2D eigenvalue weighted by molar-refractivity contribution is 6.01. The van der Waals surface area contributed by atoms with Crippen LogP contribution >= 0.6 is 0 Å². The topological polar surface area (TPSA) is 76.0 Å². The zero-order chi connectivity index (χ0) is 20.8. The van der Waals surface area contributed by atoms with Crippen LogP contribution in [-0.2, 0) is 11.3 Å². The van der Waals surface area contributed by atoms with Crippen molar-refractivity contribution < 1.29 is 9.59 Å². The smallest absolute Gasteiger partial charge is 0.251 e. The molecular formula is C23H26N4O2. The number of carbonyl (C=O) groups excluding carboxylic acids is 2. The molecule has 1 unspecified atom stereocenters. The molecule has 2 amide bonds. The van der Waals surface area contributed by atoms with Gasteiger partial charge in [-0.2, -0.15) is 5.10 Å². The Hall–Kier alpha value is -3.41. The summed E-state index contributed by atoms with van der Waals surface area (Å²) in [4.78, 5) is 25.4. The van der Waals surface area contributed by atoms with Crippen molar-refractivity contribution in [3.05, 3.63) is 83.7 Å². The van der Waals surface area contributed by atoms with E-state index in [1.54, 1.807) is 12.3 Å². The number of hydrogen-bond acceptors (Lipinski definition) is 3. The fourth-order valence-electron chi connectivity index (χ4n) is 3.04. The number of rotatable bonds is 7. The monoisotopic (exact) mass is 390 g/mol. The molecule has 3 aromatic rings. The minimum Gasteiger partial charge on any atom is -0.340 e. The molecule has 0 radical (unpaired) electrons. The Morgan fingerprint density at radius 3 is 2.45 bits per heavy atom. The molecule has 0 saturated carbocycles. The van der Waals surface area contributed by atoms with Gasteiger partial charge in [0, 0.05) is 23.6 Å². The predicted molar refractivity (Wildman–Crippen MR) is 114 cm³/mol. The molecule has 2 aromatic carbocycles. The number of aryl methyl sites for hydroxylation is 1. The van der Waals surface area contributed by atoms with Crippen molar-refractivity contribution >= 4 is 17.5 Å². The highest BCUT2D eigenvalue weighted by Crippen LogP contribution is 2.13. The Bertz CT molecular complexity index is 963. The minimum absolute atomic E-state index is 0.0529. The first-order valence-electron chi connectivity index (χ1n) is 9.67. The molecule has 0 saturated heterocycles. The molecule has 1 aromatic heterocycles. The first kappa shape index (κ1) is 20.3. The maximum atomic E-state index is 12.8. The Morgan fingerprint density at radius 1 is 1.07 bits per heavy atom. The van der Waals surface area contributed by atoms with E-state index >= 15 is 0 Å². The number of benzene rings is 2. The lowest BCUT2D eigenvalue weighted by Crippen LogP contribution is -2.47. The fourth-order valence-corrected chi connectivity index (χ4v) is 3.04. The number of amides is 2. The Kier molecular flexibility index (Phi) is 6.44. The number of anilines is 1. The largest absolute Gasteiger partial charge is 0.340 e. The number of nitrogens with zero attached hydrogens (tertiary/aromatic N) is 2. The molecule has 1 heterocycles. The summed E-state index contributed by atoms with van der Waals surface area (Å²) in [6.45, 7) is 6.42. The van der Waals surface area contributed by atoms with Gasteiger partial charge in [0.05, 0.1) is 6.54 Å². The molecule has 0 fully saturated rings. The van der Waals surface area contributed by atoms with Crippen LogP contribution in [0.4, 0.5) is 5.69 Å². The first-order valence-corrected chi connectivity index (χ1v) is 9.67. The lowest BCUT2D eigenvalue weighted by Gasteiger charge is -2.22. The van der Waals surface area contributed by atoms with Gasteiger partial charge in [-0.25, -0.2) is 0 Å². The van der Waals surface area contributed by atoms with Gasteiger partial charge >= 0.3 is 0 Å². The highest BCUT2D eigenvalue weighted by Gasteiger charge is 2.24. The van der Waals surface area contributed by atoms with Gasteiger partial charge < -0.3 is 10.6 Å². The van der Waals surface area contributed by atoms with Crippen LogP contribution in [0.3, 0.4) is 0 Å². The van der Waals surface area contributed by atoms with Crippen LogP contribution in [0.15, 0.2) is 67.0 Å². The van der Waals surface area contributed by atoms with Crippen LogP contribution in [0.2, 0.25) is 0 Å². The molecular weight excluding hydrogens is 364 g/mol. The second-order valence-electron chi connectivity index (χ2n) is 7.45. The third-order valence-electron chi connectivity index (χ3n) is 4.64. The van der Waals surface area contributed by atoms with Gasteiger partial charge in [0.1, 0.15) is 6.04 Å². The van der Waals surface area contributed by atoms with Gasteiger partial charge in [0.25, 0.3) is 5.91 Å². The standard InChI is InChI=1S/C23H26N4O2/c1-16(2)21(26-22(28)19-7-4-6-17(3)14-19)23(29)25-20-10-8-18(9-11-20)15-27-13-5-12-24-27/h4-14,16,21H,15H2,1-3H3,(H,25,29)(H,26,28). The van der Waals surface area contributed by atoms with Crippen molar-refractivity contribution in [1.82, 2.24) is 15.1 Å². The van der Waals surface area contributed by atoms with Crippen LogP contribution in [0, 0.1) is 12.8 Å². The van der Waals surface area contributed by atoms with Crippen molar-refractivity contribution in [2.75, 3.05) is 5.32 Å². The molecule has 2 N–H and O–H groups in total. The van der Waals surface area contributed by atoms with Gasteiger partial charge in [-0.05, 0) is 48.7 Å². The molecule has 6 heteroatoms. The van der Waals surface area contributed by atoms with Crippen molar-refractivity contribution in [1.29, 1.82) is 0 Å². The third kappa shape index (κ3) is 5.54. The molecule has 29 heavy (non-hydrogen) atoms. The fraction of sp³-hybridized carbons (Fsp3) is 0.261. The van der Waals surface area contributed by atoms with Crippen molar-refractivity contribution in [2.24, 2.45) is 5.92 Å². The van der Waals surface area contributed by atoms with Crippen molar-refractivity contribution in [3.8, 4) is 0 Å². The van der Waals surface area contributed by atoms with Crippen LogP contribution < -0.4 is 10.6 Å². The summed E-state index contributed by atoms with van der Waals surface area (Å²) >= 11 is 0. The van der Waals surface area contributed by atoms with Crippen molar-refractivity contribution in [2.45, 2.75) is 33.4 Å². The summed E-state index contributed by atoms with van der Waals surface area (Å²) in [5.41, 5.74) is 3.32. The van der Waals surface area contributed by atoms with E-state index in [1.807, 2.05) is 80.2 Å². The average Bonchev–Trinajstić information content (AvgIpc) is 3.20. The van der Waals surface area contributed by atoms with Crippen LogP contribution in [0.1, 0.15) is 35.3 Å². The minimum atomic E-state index is -0.633. The maximum Gasteiger partial charge on any atom is 0.251 e. The van der Waals surface area contributed by atoms with Gasteiger partial charge in [0.2, 0.25) is 5.91 Å². The molecule has 6 nitrogen and oxygen atoms in total. The van der Waals surface area contributed by atoms with E-state index in [4.69, 9.17) is 0 Å². The van der Waals surface area contributed by atoms with Gasteiger partial charge in [-0.3, -0.25) is 14.3 Å². The summed E-state index contributed by atoms with van der Waals surface area (Å²) in [5, 5.41) is 9.95. The second-order valence-corrected chi connectivity index (χ2v) is 7.45. The van der Waals surface area contributed by atoms with E-state index in [9.17, 15) is 9.59 Å². The summed E-state index contributed by atoms with van der Waals surface area (Å²) < 4.78 is 1.84. The number of carbonyl (C=O) groups is 2. The van der Waals surface area contributed by atoms with E-state index in [2.05, 4.69) is 15.7 Å². The van der Waals surface area contributed by atoms with Crippen LogP contribution in [0.5, 0.6) is 0 Å². The Balaban J connectivity index is 1.64. The summed E-state index contributed by atoms with van der Waals surface area (Å²) in [6, 6.07) is 16.2. The van der Waals surface area contributed by atoms with E-state index < -0.39 is 6.04 Å².